The fraction of sp³-hybridized carbons (Fsp3) is 0.611. The van der Waals surface area contributed by atoms with Crippen molar-refractivity contribution in [1.29, 1.82) is 0 Å². The third kappa shape index (κ3) is 5.66. The lowest BCUT2D eigenvalue weighted by Crippen LogP contribution is -2.24. The number of aliphatic imine (C=N–C) groups is 1. The predicted molar refractivity (Wildman–Crippen MR) is 95.5 cm³/mol. The summed E-state index contributed by atoms with van der Waals surface area (Å²) in [6, 6.07) is 5.61. The Labute approximate surface area is 139 Å². The molecular weight excluding hydrogens is 290 g/mol. The van der Waals surface area contributed by atoms with E-state index in [0.717, 1.165) is 12.2 Å². The highest BCUT2D eigenvalue weighted by atomic mass is 16.5. The molecule has 0 bridgehead atoms. The summed E-state index contributed by atoms with van der Waals surface area (Å²) in [4.78, 5) is 4.52. The first-order chi connectivity index (χ1) is 11.2. The summed E-state index contributed by atoms with van der Waals surface area (Å²) < 4.78 is 10.5. The average molecular weight is 319 g/mol. The highest BCUT2D eigenvalue weighted by Crippen LogP contribution is 2.29. The van der Waals surface area contributed by atoms with Gasteiger partial charge in [0.15, 0.2) is 17.5 Å². The lowest BCUT2D eigenvalue weighted by Gasteiger charge is -2.18. The smallest absolute Gasteiger partial charge is 0.193 e. The molecule has 1 saturated carbocycles. The Morgan fingerprint density at radius 3 is 2.39 bits per heavy atom. The van der Waals surface area contributed by atoms with E-state index in [-0.39, 0.29) is 0 Å². The van der Waals surface area contributed by atoms with Crippen LogP contribution in [0.1, 0.15) is 44.9 Å². The summed E-state index contributed by atoms with van der Waals surface area (Å²) in [5, 5.41) is 3.13. The van der Waals surface area contributed by atoms with Crippen LogP contribution in [0, 0.1) is 5.92 Å². The predicted octanol–water partition coefficient (Wildman–Crippen LogP) is 3.79. The molecule has 1 aliphatic carbocycles. The first-order valence-electron chi connectivity index (χ1n) is 8.52. The van der Waals surface area contributed by atoms with Gasteiger partial charge in [-0.05, 0) is 30.9 Å². The van der Waals surface area contributed by atoms with Crippen LogP contribution in [0.5, 0.6) is 11.5 Å². The maximum Gasteiger partial charge on any atom is 0.193 e. The third-order valence-corrected chi connectivity index (χ3v) is 4.40. The molecule has 0 amide bonds. The normalized spacial score (nSPS) is 17.2. The molecular formula is C18H29N3O2. The van der Waals surface area contributed by atoms with Crippen molar-refractivity contribution >= 4 is 11.6 Å². The van der Waals surface area contributed by atoms with E-state index < -0.39 is 0 Å². The zero-order valence-electron chi connectivity index (χ0n) is 14.3. The van der Waals surface area contributed by atoms with Crippen LogP contribution in [0.15, 0.2) is 23.2 Å². The molecule has 2 rings (SSSR count). The number of guanidine groups is 1. The van der Waals surface area contributed by atoms with Gasteiger partial charge in [0, 0.05) is 18.3 Å². The van der Waals surface area contributed by atoms with Gasteiger partial charge in [-0.3, -0.25) is 4.99 Å². The summed E-state index contributed by atoms with van der Waals surface area (Å²) in [5.41, 5.74) is 6.87. The Balaban J connectivity index is 1.90. The molecule has 0 saturated heterocycles. The Kier molecular flexibility index (Phi) is 7.04. The molecule has 1 aliphatic rings. The molecule has 1 aromatic carbocycles. The van der Waals surface area contributed by atoms with Crippen LogP contribution in [0.3, 0.4) is 0 Å². The number of nitrogens with one attached hydrogen (secondary N) is 1. The van der Waals surface area contributed by atoms with E-state index in [9.17, 15) is 0 Å². The van der Waals surface area contributed by atoms with Crippen molar-refractivity contribution in [2.24, 2.45) is 16.6 Å². The SMILES string of the molecule is COc1ccc(NC(N)=NCC2CCCCCCC2)cc1OC. The second kappa shape index (κ2) is 9.28. The van der Waals surface area contributed by atoms with Crippen molar-refractivity contribution < 1.29 is 9.47 Å². The number of nitrogens with zero attached hydrogens (tertiary/aromatic N) is 1. The van der Waals surface area contributed by atoms with Gasteiger partial charge < -0.3 is 20.5 Å². The number of nitrogens with two attached hydrogens (primary N) is 1. The van der Waals surface area contributed by atoms with E-state index in [1.165, 1.54) is 44.9 Å². The van der Waals surface area contributed by atoms with Crippen LogP contribution in [-0.4, -0.2) is 26.7 Å². The zero-order chi connectivity index (χ0) is 16.5. The largest absolute Gasteiger partial charge is 0.493 e. The maximum atomic E-state index is 6.02. The van der Waals surface area contributed by atoms with Gasteiger partial charge >= 0.3 is 0 Å². The highest BCUT2D eigenvalue weighted by Gasteiger charge is 2.11. The van der Waals surface area contributed by atoms with Gasteiger partial charge in [0.1, 0.15) is 0 Å². The van der Waals surface area contributed by atoms with E-state index in [1.807, 2.05) is 18.2 Å². The fourth-order valence-corrected chi connectivity index (χ4v) is 3.05. The molecule has 3 N–H and O–H groups in total. The molecule has 1 aromatic rings. The van der Waals surface area contributed by atoms with Gasteiger partial charge in [-0.2, -0.15) is 0 Å². The highest BCUT2D eigenvalue weighted by molar-refractivity contribution is 5.92. The first-order valence-corrected chi connectivity index (χ1v) is 8.52. The number of hydrogen-bond acceptors (Lipinski definition) is 3. The number of ether oxygens (including phenoxy) is 2. The standard InChI is InChI=1S/C18H29N3O2/c1-22-16-11-10-15(12-17(16)23-2)21-18(19)20-13-14-8-6-4-3-5-7-9-14/h10-12,14H,3-9,13H2,1-2H3,(H3,19,20,21). The monoisotopic (exact) mass is 319 g/mol. The lowest BCUT2D eigenvalue weighted by atomic mass is 9.91. The topological polar surface area (TPSA) is 68.9 Å². The van der Waals surface area contributed by atoms with Crippen LogP contribution < -0.4 is 20.5 Å². The molecule has 128 valence electrons. The Hall–Kier alpha value is -1.91. The van der Waals surface area contributed by atoms with Crippen molar-refractivity contribution in [3.05, 3.63) is 18.2 Å². The second-order valence-corrected chi connectivity index (χ2v) is 6.13. The Bertz CT molecular complexity index is 509. The Morgan fingerprint density at radius 1 is 1.09 bits per heavy atom. The number of anilines is 1. The van der Waals surface area contributed by atoms with Crippen molar-refractivity contribution in [3.8, 4) is 11.5 Å². The van der Waals surface area contributed by atoms with Crippen LogP contribution in [0.25, 0.3) is 0 Å². The van der Waals surface area contributed by atoms with Gasteiger partial charge in [0.2, 0.25) is 0 Å². The summed E-state index contributed by atoms with van der Waals surface area (Å²) >= 11 is 0. The lowest BCUT2D eigenvalue weighted by molar-refractivity contribution is 0.355. The second-order valence-electron chi connectivity index (χ2n) is 6.13. The van der Waals surface area contributed by atoms with Crippen molar-refractivity contribution in [2.45, 2.75) is 44.9 Å². The van der Waals surface area contributed by atoms with Crippen LogP contribution >= 0.6 is 0 Å². The van der Waals surface area contributed by atoms with E-state index in [1.54, 1.807) is 14.2 Å². The van der Waals surface area contributed by atoms with Gasteiger partial charge in [-0.15, -0.1) is 0 Å². The van der Waals surface area contributed by atoms with Crippen LogP contribution in [-0.2, 0) is 0 Å². The molecule has 0 aromatic heterocycles. The minimum atomic E-state index is 0.458. The van der Waals surface area contributed by atoms with Gasteiger partial charge in [-0.1, -0.05) is 32.1 Å². The molecule has 0 atom stereocenters. The summed E-state index contributed by atoms with van der Waals surface area (Å²) in [5.74, 6) is 2.49. The maximum absolute atomic E-state index is 6.02. The molecule has 0 unspecified atom stereocenters. The molecule has 5 heteroatoms. The molecule has 1 fully saturated rings. The average Bonchev–Trinajstić information content (AvgIpc) is 2.53. The van der Waals surface area contributed by atoms with E-state index >= 15 is 0 Å². The molecule has 0 radical (unpaired) electrons. The van der Waals surface area contributed by atoms with Crippen molar-refractivity contribution in [2.75, 3.05) is 26.1 Å². The molecule has 0 heterocycles. The summed E-state index contributed by atoms with van der Waals surface area (Å²) in [6.07, 6.45) is 9.30. The summed E-state index contributed by atoms with van der Waals surface area (Å²) in [7, 11) is 3.24. The fourth-order valence-electron chi connectivity index (χ4n) is 3.05. The van der Waals surface area contributed by atoms with Gasteiger partial charge in [-0.25, -0.2) is 0 Å². The Morgan fingerprint density at radius 2 is 1.74 bits per heavy atom. The van der Waals surface area contributed by atoms with Crippen molar-refractivity contribution in [3.63, 3.8) is 0 Å². The molecule has 23 heavy (non-hydrogen) atoms. The third-order valence-electron chi connectivity index (χ3n) is 4.40. The minimum absolute atomic E-state index is 0.458. The van der Waals surface area contributed by atoms with Crippen LogP contribution in [0.4, 0.5) is 5.69 Å². The van der Waals surface area contributed by atoms with Gasteiger partial charge in [0.05, 0.1) is 14.2 Å². The quantitative estimate of drug-likeness (QED) is 0.640. The van der Waals surface area contributed by atoms with E-state index in [4.69, 9.17) is 15.2 Å². The van der Waals surface area contributed by atoms with Crippen molar-refractivity contribution in [1.82, 2.24) is 0 Å². The van der Waals surface area contributed by atoms with E-state index in [0.29, 0.717) is 23.4 Å². The molecule has 5 nitrogen and oxygen atoms in total. The number of rotatable bonds is 5. The first kappa shape index (κ1) is 17.4. The summed E-state index contributed by atoms with van der Waals surface area (Å²) in [6.45, 7) is 0.812. The number of benzene rings is 1. The minimum Gasteiger partial charge on any atom is -0.493 e. The number of methoxy groups -OCH3 is 2. The molecule has 0 spiro atoms. The van der Waals surface area contributed by atoms with Gasteiger partial charge in [0.25, 0.3) is 0 Å². The van der Waals surface area contributed by atoms with E-state index in [2.05, 4.69) is 10.3 Å². The van der Waals surface area contributed by atoms with Crippen LogP contribution in [0.2, 0.25) is 0 Å². The number of hydrogen-bond donors (Lipinski definition) is 2. The molecule has 0 aliphatic heterocycles. The zero-order valence-corrected chi connectivity index (χ0v) is 14.3.